The van der Waals surface area contributed by atoms with Gasteiger partial charge in [0, 0.05) is 0 Å². The van der Waals surface area contributed by atoms with Gasteiger partial charge in [0.25, 0.3) is 0 Å². The van der Waals surface area contributed by atoms with Crippen LogP contribution in [0.25, 0.3) is 6.08 Å². The molecule has 2 rings (SSSR count). The summed E-state index contributed by atoms with van der Waals surface area (Å²) < 4.78 is 11.7. The second kappa shape index (κ2) is 4.91. The van der Waals surface area contributed by atoms with Gasteiger partial charge in [-0.15, -0.1) is 0 Å². The van der Waals surface area contributed by atoms with E-state index in [1.807, 2.05) is 39.7 Å². The van der Waals surface area contributed by atoms with Crippen molar-refractivity contribution in [2.45, 2.75) is 38.9 Å². The van der Waals surface area contributed by atoms with Crippen LogP contribution in [0.3, 0.4) is 0 Å². The number of nitrogens with zero attached hydrogens (tertiary/aromatic N) is 1. The van der Waals surface area contributed by atoms with E-state index < -0.39 is 7.12 Å². The van der Waals surface area contributed by atoms with Crippen molar-refractivity contribution in [3.8, 4) is 0 Å². The molecule has 0 aliphatic carbocycles. The van der Waals surface area contributed by atoms with Crippen molar-refractivity contribution < 1.29 is 14.1 Å². The van der Waals surface area contributed by atoms with Crippen LogP contribution in [0.15, 0.2) is 24.2 Å². The summed E-state index contributed by atoms with van der Waals surface area (Å²) >= 11 is 0. The summed E-state index contributed by atoms with van der Waals surface area (Å²) in [5.74, 6) is 1.81. The van der Waals surface area contributed by atoms with E-state index >= 15 is 0 Å². The standard InChI is InChI=1S/C14H18BNO3/c1-13(2)14(3,4)19-15(18-13)9-8-11-6-5-7-12(10-17)16-11/h5-10H,1-4H3/b9-8+. The minimum absolute atomic E-state index is 0.347. The van der Waals surface area contributed by atoms with Crippen LogP contribution < -0.4 is 0 Å². The second-order valence-corrected chi connectivity index (χ2v) is 5.59. The van der Waals surface area contributed by atoms with Gasteiger partial charge >= 0.3 is 7.12 Å². The molecule has 0 saturated carbocycles. The fourth-order valence-corrected chi connectivity index (χ4v) is 1.77. The zero-order valence-corrected chi connectivity index (χ0v) is 11.7. The lowest BCUT2D eigenvalue weighted by atomic mass is 9.89. The number of aldehydes is 1. The van der Waals surface area contributed by atoms with Crippen molar-refractivity contribution in [2.24, 2.45) is 0 Å². The van der Waals surface area contributed by atoms with E-state index in [0.29, 0.717) is 11.4 Å². The Hall–Kier alpha value is -1.46. The minimum atomic E-state index is -0.397. The van der Waals surface area contributed by atoms with Crippen molar-refractivity contribution in [2.75, 3.05) is 0 Å². The lowest BCUT2D eigenvalue weighted by Gasteiger charge is -2.32. The molecule has 0 spiro atoms. The van der Waals surface area contributed by atoms with Crippen LogP contribution in [-0.2, 0) is 9.31 Å². The lowest BCUT2D eigenvalue weighted by molar-refractivity contribution is 0.00578. The molecule has 4 nitrogen and oxygen atoms in total. The molecule has 5 heteroatoms. The molecule has 19 heavy (non-hydrogen) atoms. The predicted octanol–water partition coefficient (Wildman–Crippen LogP) is 2.54. The van der Waals surface area contributed by atoms with Gasteiger partial charge in [-0.1, -0.05) is 12.0 Å². The molecule has 0 unspecified atom stereocenters. The van der Waals surface area contributed by atoms with Crippen LogP contribution in [0.1, 0.15) is 43.9 Å². The van der Waals surface area contributed by atoms with E-state index in [1.54, 1.807) is 18.2 Å². The van der Waals surface area contributed by atoms with E-state index in [-0.39, 0.29) is 11.2 Å². The van der Waals surface area contributed by atoms with E-state index in [4.69, 9.17) is 9.31 Å². The Labute approximate surface area is 114 Å². The molecule has 0 atom stereocenters. The molecular formula is C14H18BNO3. The molecule has 0 bridgehead atoms. The fourth-order valence-electron chi connectivity index (χ4n) is 1.77. The summed E-state index contributed by atoms with van der Waals surface area (Å²) in [7, 11) is -0.397. The first-order chi connectivity index (χ1) is 8.84. The van der Waals surface area contributed by atoms with Crippen LogP contribution in [0, 0.1) is 0 Å². The molecule has 1 fully saturated rings. The predicted molar refractivity (Wildman–Crippen MR) is 74.7 cm³/mol. The molecule has 1 aromatic rings. The maximum absolute atomic E-state index is 10.7. The summed E-state index contributed by atoms with van der Waals surface area (Å²) in [6, 6.07) is 5.29. The highest BCUT2D eigenvalue weighted by Crippen LogP contribution is 2.36. The molecule has 100 valence electrons. The number of hydrogen-bond acceptors (Lipinski definition) is 4. The van der Waals surface area contributed by atoms with Crippen LogP contribution in [0.2, 0.25) is 0 Å². The van der Waals surface area contributed by atoms with Crippen LogP contribution >= 0.6 is 0 Å². The number of hydrogen-bond donors (Lipinski definition) is 0. The number of rotatable bonds is 3. The van der Waals surface area contributed by atoms with E-state index in [2.05, 4.69) is 4.98 Å². The number of carbonyl (C=O) groups excluding carboxylic acids is 1. The number of carbonyl (C=O) groups is 1. The smallest absolute Gasteiger partial charge is 0.400 e. The molecule has 2 heterocycles. The van der Waals surface area contributed by atoms with Crippen molar-refractivity contribution in [1.29, 1.82) is 0 Å². The molecule has 1 saturated heterocycles. The minimum Gasteiger partial charge on any atom is -0.400 e. The summed E-state index contributed by atoms with van der Waals surface area (Å²) in [6.07, 6.45) is 2.53. The monoisotopic (exact) mass is 259 g/mol. The molecule has 0 amide bonds. The van der Waals surface area contributed by atoms with Gasteiger partial charge in [-0.25, -0.2) is 4.98 Å². The third-order valence-electron chi connectivity index (χ3n) is 3.61. The molecule has 1 aromatic heterocycles. The quantitative estimate of drug-likeness (QED) is 0.618. The summed E-state index contributed by atoms with van der Waals surface area (Å²) in [4.78, 5) is 14.8. The van der Waals surface area contributed by atoms with Gasteiger partial charge in [0.1, 0.15) is 5.69 Å². The number of pyridine rings is 1. The molecular weight excluding hydrogens is 241 g/mol. The Kier molecular flexibility index (Phi) is 3.61. The third kappa shape index (κ3) is 2.93. The van der Waals surface area contributed by atoms with Gasteiger partial charge in [0.2, 0.25) is 0 Å². The zero-order chi connectivity index (χ0) is 14.1. The Balaban J connectivity index is 2.10. The van der Waals surface area contributed by atoms with Crippen LogP contribution in [-0.4, -0.2) is 29.6 Å². The maximum Gasteiger partial charge on any atom is 0.487 e. The van der Waals surface area contributed by atoms with Crippen LogP contribution in [0.5, 0.6) is 0 Å². The largest absolute Gasteiger partial charge is 0.487 e. The first-order valence-electron chi connectivity index (χ1n) is 6.30. The normalized spacial score (nSPS) is 20.9. The fraction of sp³-hybridized carbons (Fsp3) is 0.429. The highest BCUT2D eigenvalue weighted by molar-refractivity contribution is 6.52. The van der Waals surface area contributed by atoms with E-state index in [9.17, 15) is 4.79 Å². The number of aromatic nitrogens is 1. The summed E-state index contributed by atoms with van der Waals surface area (Å²) in [6.45, 7) is 8.02. The SMILES string of the molecule is CC1(C)OB(/C=C/c2cccc(C=O)n2)OC1(C)C. The lowest BCUT2D eigenvalue weighted by Crippen LogP contribution is -2.41. The van der Waals surface area contributed by atoms with Gasteiger partial charge in [-0.3, -0.25) is 4.79 Å². The second-order valence-electron chi connectivity index (χ2n) is 5.59. The highest BCUT2D eigenvalue weighted by atomic mass is 16.7. The van der Waals surface area contributed by atoms with Crippen molar-refractivity contribution in [3.63, 3.8) is 0 Å². The first-order valence-corrected chi connectivity index (χ1v) is 6.30. The molecule has 0 aromatic carbocycles. The molecule has 1 aliphatic heterocycles. The van der Waals surface area contributed by atoms with Crippen molar-refractivity contribution >= 4 is 19.5 Å². The molecule has 0 N–H and O–H groups in total. The zero-order valence-electron chi connectivity index (χ0n) is 11.7. The van der Waals surface area contributed by atoms with Gasteiger partial charge in [-0.05, 0) is 45.9 Å². The summed E-state index contributed by atoms with van der Waals surface area (Å²) in [5.41, 5.74) is 0.426. The third-order valence-corrected chi connectivity index (χ3v) is 3.61. The van der Waals surface area contributed by atoms with Crippen molar-refractivity contribution in [3.05, 3.63) is 35.6 Å². The summed E-state index contributed by atoms with van der Waals surface area (Å²) in [5, 5.41) is 0. The molecule has 0 radical (unpaired) electrons. The van der Waals surface area contributed by atoms with Gasteiger partial charge in [0.15, 0.2) is 6.29 Å². The maximum atomic E-state index is 10.7. The Morgan fingerprint density at radius 1 is 1.11 bits per heavy atom. The Morgan fingerprint density at radius 3 is 2.26 bits per heavy atom. The Bertz CT molecular complexity index is 495. The molecule has 1 aliphatic rings. The Morgan fingerprint density at radius 2 is 1.68 bits per heavy atom. The van der Waals surface area contributed by atoms with Gasteiger partial charge in [0.05, 0.1) is 16.9 Å². The van der Waals surface area contributed by atoms with Gasteiger partial charge < -0.3 is 9.31 Å². The first kappa shape index (κ1) is 14.0. The van der Waals surface area contributed by atoms with Crippen molar-refractivity contribution in [1.82, 2.24) is 4.98 Å². The van der Waals surface area contributed by atoms with Gasteiger partial charge in [-0.2, -0.15) is 0 Å². The average molecular weight is 259 g/mol. The van der Waals surface area contributed by atoms with Crippen LogP contribution in [0.4, 0.5) is 0 Å². The average Bonchev–Trinajstić information content (AvgIpc) is 2.56. The highest BCUT2D eigenvalue weighted by Gasteiger charge is 2.49. The topological polar surface area (TPSA) is 48.4 Å². The van der Waals surface area contributed by atoms with E-state index in [0.717, 1.165) is 6.29 Å². The van der Waals surface area contributed by atoms with E-state index in [1.165, 1.54) is 0 Å².